The lowest BCUT2D eigenvalue weighted by atomic mass is 10.2. The van der Waals surface area contributed by atoms with Crippen LogP contribution in [0.4, 0.5) is 5.69 Å². The van der Waals surface area contributed by atoms with Crippen LogP contribution in [0.5, 0.6) is 0 Å². The van der Waals surface area contributed by atoms with Crippen LogP contribution in [-0.4, -0.2) is 46.5 Å². The fraction of sp³-hybridized carbons (Fsp3) is 0.500. The van der Waals surface area contributed by atoms with Crippen LogP contribution in [0, 0.1) is 0 Å². The van der Waals surface area contributed by atoms with E-state index in [9.17, 15) is 9.59 Å². The summed E-state index contributed by atoms with van der Waals surface area (Å²) in [6.07, 6.45) is 2.25. The summed E-state index contributed by atoms with van der Waals surface area (Å²) in [5.74, 6) is -0.900. The van der Waals surface area contributed by atoms with Crippen LogP contribution in [0.1, 0.15) is 37.2 Å². The second-order valence-electron chi connectivity index (χ2n) is 4.33. The van der Waals surface area contributed by atoms with Crippen molar-refractivity contribution >= 4 is 17.6 Å². The fourth-order valence-corrected chi connectivity index (χ4v) is 1.80. The van der Waals surface area contributed by atoms with Crippen molar-refractivity contribution in [3.8, 4) is 0 Å². The quantitative estimate of drug-likeness (QED) is 0.709. The van der Waals surface area contributed by atoms with Gasteiger partial charge in [0.1, 0.15) is 5.69 Å². The number of anilines is 1. The first-order valence-electron chi connectivity index (χ1n) is 6.79. The maximum absolute atomic E-state index is 12.1. The van der Waals surface area contributed by atoms with E-state index >= 15 is 0 Å². The van der Waals surface area contributed by atoms with E-state index in [0.29, 0.717) is 31.7 Å². The number of hydrogen-bond acceptors (Lipinski definition) is 4. The standard InChI is InChI=1S/C14H21N3O3/c1-3-17(4-2)14(20)12-10-11(7-9-16-12)15-8-5-6-13(18)19/h7,9-10H,3-6,8H2,1-2H3,(H,15,16)(H,18,19). The number of pyridine rings is 1. The molecule has 0 radical (unpaired) electrons. The molecule has 0 saturated carbocycles. The van der Waals surface area contributed by atoms with Crippen molar-refractivity contribution in [1.29, 1.82) is 0 Å². The molecule has 20 heavy (non-hydrogen) atoms. The van der Waals surface area contributed by atoms with Crippen LogP contribution in [0.2, 0.25) is 0 Å². The Morgan fingerprint density at radius 1 is 1.35 bits per heavy atom. The van der Waals surface area contributed by atoms with Crippen LogP contribution in [0.25, 0.3) is 0 Å². The molecule has 0 fully saturated rings. The van der Waals surface area contributed by atoms with Gasteiger partial charge in [0.25, 0.3) is 5.91 Å². The van der Waals surface area contributed by atoms with Crippen molar-refractivity contribution in [1.82, 2.24) is 9.88 Å². The van der Waals surface area contributed by atoms with Gasteiger partial charge in [0.05, 0.1) is 0 Å². The van der Waals surface area contributed by atoms with E-state index in [1.807, 2.05) is 13.8 Å². The molecule has 0 aliphatic rings. The molecule has 0 atom stereocenters. The highest BCUT2D eigenvalue weighted by atomic mass is 16.4. The van der Waals surface area contributed by atoms with E-state index in [4.69, 9.17) is 5.11 Å². The van der Waals surface area contributed by atoms with Crippen molar-refractivity contribution < 1.29 is 14.7 Å². The van der Waals surface area contributed by atoms with Crippen LogP contribution in [0.3, 0.4) is 0 Å². The number of nitrogens with zero attached hydrogens (tertiary/aromatic N) is 2. The summed E-state index contributed by atoms with van der Waals surface area (Å²) < 4.78 is 0. The zero-order valence-corrected chi connectivity index (χ0v) is 11.9. The van der Waals surface area contributed by atoms with Crippen molar-refractivity contribution in [2.24, 2.45) is 0 Å². The van der Waals surface area contributed by atoms with E-state index in [0.717, 1.165) is 5.69 Å². The number of amides is 1. The van der Waals surface area contributed by atoms with Crippen molar-refractivity contribution in [3.05, 3.63) is 24.0 Å². The predicted molar refractivity (Wildman–Crippen MR) is 76.8 cm³/mol. The lowest BCUT2D eigenvalue weighted by Gasteiger charge is -2.18. The third kappa shape index (κ3) is 4.87. The Morgan fingerprint density at radius 2 is 2.05 bits per heavy atom. The summed E-state index contributed by atoms with van der Waals surface area (Å²) >= 11 is 0. The monoisotopic (exact) mass is 279 g/mol. The SMILES string of the molecule is CCN(CC)C(=O)c1cc(NCCCC(=O)O)ccn1. The average molecular weight is 279 g/mol. The molecular formula is C14H21N3O3. The number of carbonyl (C=O) groups excluding carboxylic acids is 1. The van der Waals surface area contributed by atoms with Gasteiger partial charge in [0.2, 0.25) is 0 Å². The maximum Gasteiger partial charge on any atom is 0.303 e. The summed E-state index contributed by atoms with van der Waals surface area (Å²) in [6, 6.07) is 3.46. The third-order valence-corrected chi connectivity index (χ3v) is 2.93. The molecule has 6 nitrogen and oxygen atoms in total. The van der Waals surface area contributed by atoms with Crippen LogP contribution in [-0.2, 0) is 4.79 Å². The van der Waals surface area contributed by atoms with Gasteiger partial charge in [-0.15, -0.1) is 0 Å². The number of rotatable bonds is 8. The molecule has 0 bridgehead atoms. The molecule has 110 valence electrons. The molecule has 0 saturated heterocycles. The number of hydrogen-bond donors (Lipinski definition) is 2. The number of aromatic nitrogens is 1. The molecule has 0 aliphatic carbocycles. The summed E-state index contributed by atoms with van der Waals surface area (Å²) in [7, 11) is 0. The van der Waals surface area contributed by atoms with Crippen LogP contribution >= 0.6 is 0 Å². The molecule has 1 aromatic rings. The normalized spacial score (nSPS) is 10.1. The highest BCUT2D eigenvalue weighted by Gasteiger charge is 2.13. The molecule has 1 rings (SSSR count). The first-order valence-corrected chi connectivity index (χ1v) is 6.79. The summed E-state index contributed by atoms with van der Waals surface area (Å²) in [5, 5.41) is 11.7. The third-order valence-electron chi connectivity index (χ3n) is 2.93. The minimum Gasteiger partial charge on any atom is -0.481 e. The van der Waals surface area contributed by atoms with Gasteiger partial charge in [0, 0.05) is 37.9 Å². The fourth-order valence-electron chi connectivity index (χ4n) is 1.80. The second kappa shape index (κ2) is 8.14. The zero-order chi connectivity index (χ0) is 15.0. The van der Waals surface area contributed by atoms with Gasteiger partial charge in [-0.2, -0.15) is 0 Å². The van der Waals surface area contributed by atoms with Gasteiger partial charge in [0.15, 0.2) is 0 Å². The highest BCUT2D eigenvalue weighted by molar-refractivity contribution is 5.93. The van der Waals surface area contributed by atoms with Gasteiger partial charge in [-0.1, -0.05) is 0 Å². The van der Waals surface area contributed by atoms with E-state index in [1.54, 1.807) is 23.2 Å². The molecule has 1 aromatic heterocycles. The Balaban J connectivity index is 2.61. The molecule has 6 heteroatoms. The predicted octanol–water partition coefficient (Wildman–Crippen LogP) is 1.84. The lowest BCUT2D eigenvalue weighted by Crippen LogP contribution is -2.31. The first-order chi connectivity index (χ1) is 9.58. The molecule has 0 unspecified atom stereocenters. The second-order valence-corrected chi connectivity index (χ2v) is 4.33. The van der Waals surface area contributed by atoms with Gasteiger partial charge in [-0.05, 0) is 32.4 Å². The Hall–Kier alpha value is -2.11. The Labute approximate surface area is 118 Å². The van der Waals surface area contributed by atoms with Gasteiger partial charge in [-0.25, -0.2) is 0 Å². The Morgan fingerprint density at radius 3 is 2.65 bits per heavy atom. The molecular weight excluding hydrogens is 258 g/mol. The number of aliphatic carboxylic acids is 1. The van der Waals surface area contributed by atoms with Crippen LogP contribution in [0.15, 0.2) is 18.3 Å². The van der Waals surface area contributed by atoms with E-state index in [1.165, 1.54) is 0 Å². The van der Waals surface area contributed by atoms with Crippen molar-refractivity contribution in [2.45, 2.75) is 26.7 Å². The van der Waals surface area contributed by atoms with Crippen LogP contribution < -0.4 is 5.32 Å². The first kappa shape index (κ1) is 15.9. The van der Waals surface area contributed by atoms with E-state index in [2.05, 4.69) is 10.3 Å². The number of carboxylic acid groups (broad SMARTS) is 1. The average Bonchev–Trinajstić information content (AvgIpc) is 2.45. The number of nitrogens with one attached hydrogen (secondary N) is 1. The maximum atomic E-state index is 12.1. The minimum atomic E-state index is -0.807. The Bertz CT molecular complexity index is 459. The van der Waals surface area contributed by atoms with Crippen molar-refractivity contribution in [2.75, 3.05) is 25.0 Å². The number of carbonyl (C=O) groups is 2. The highest BCUT2D eigenvalue weighted by Crippen LogP contribution is 2.10. The van der Waals surface area contributed by atoms with Gasteiger partial charge in [-0.3, -0.25) is 14.6 Å². The summed E-state index contributed by atoms with van der Waals surface area (Å²) in [5.41, 5.74) is 1.18. The van der Waals surface area contributed by atoms with Gasteiger partial charge >= 0.3 is 5.97 Å². The molecule has 0 aromatic carbocycles. The summed E-state index contributed by atoms with van der Waals surface area (Å²) in [6.45, 7) is 5.70. The molecule has 2 N–H and O–H groups in total. The lowest BCUT2D eigenvalue weighted by molar-refractivity contribution is -0.137. The van der Waals surface area contributed by atoms with Gasteiger partial charge < -0.3 is 15.3 Å². The molecule has 1 amide bonds. The smallest absolute Gasteiger partial charge is 0.303 e. The van der Waals surface area contributed by atoms with E-state index in [-0.39, 0.29) is 12.3 Å². The minimum absolute atomic E-state index is 0.0933. The zero-order valence-electron chi connectivity index (χ0n) is 11.9. The van der Waals surface area contributed by atoms with E-state index < -0.39 is 5.97 Å². The number of carboxylic acids is 1. The topological polar surface area (TPSA) is 82.5 Å². The largest absolute Gasteiger partial charge is 0.481 e. The van der Waals surface area contributed by atoms with Crippen molar-refractivity contribution in [3.63, 3.8) is 0 Å². The summed E-state index contributed by atoms with van der Waals surface area (Å²) in [4.78, 5) is 28.3. The molecule has 0 aliphatic heterocycles. The Kier molecular flexibility index (Phi) is 6.49. The molecule has 1 heterocycles. The molecule has 0 spiro atoms.